The average molecular weight is 319 g/mol. The van der Waals surface area contributed by atoms with Crippen LogP contribution in [0.3, 0.4) is 0 Å². The Labute approximate surface area is 135 Å². The van der Waals surface area contributed by atoms with Crippen LogP contribution in [0.25, 0.3) is 0 Å². The molecule has 0 bridgehead atoms. The topological polar surface area (TPSA) is 78.9 Å². The van der Waals surface area contributed by atoms with Gasteiger partial charge in [0.05, 0.1) is 31.5 Å². The van der Waals surface area contributed by atoms with Crippen LogP contribution in [0.5, 0.6) is 0 Å². The van der Waals surface area contributed by atoms with E-state index in [2.05, 4.69) is 14.9 Å². The first-order chi connectivity index (χ1) is 11.1. The van der Waals surface area contributed by atoms with Crippen LogP contribution in [0, 0.1) is 0 Å². The molecule has 2 atom stereocenters. The Kier molecular flexibility index (Phi) is 4.53. The van der Waals surface area contributed by atoms with Gasteiger partial charge in [-0.05, 0) is 0 Å². The summed E-state index contributed by atoms with van der Waals surface area (Å²) in [6.45, 7) is 2.70. The highest BCUT2D eigenvalue weighted by Crippen LogP contribution is 2.23. The van der Waals surface area contributed by atoms with E-state index in [9.17, 15) is 9.59 Å². The Morgan fingerprint density at radius 3 is 2.87 bits per heavy atom. The summed E-state index contributed by atoms with van der Waals surface area (Å²) in [6, 6.07) is 0.0493. The number of hydrogen-bond acceptors (Lipinski definition) is 6. The molecule has 2 aliphatic rings. The second-order valence-electron chi connectivity index (χ2n) is 6.04. The molecular formula is C15H21N5O3. The second kappa shape index (κ2) is 6.59. The highest BCUT2D eigenvalue weighted by molar-refractivity contribution is 5.92. The highest BCUT2D eigenvalue weighted by atomic mass is 16.5. The Morgan fingerprint density at radius 1 is 1.35 bits per heavy atom. The lowest BCUT2D eigenvalue weighted by Gasteiger charge is -2.36. The molecule has 0 spiro atoms. The predicted molar refractivity (Wildman–Crippen MR) is 81.7 cm³/mol. The Bertz CT molecular complexity index is 580. The van der Waals surface area contributed by atoms with E-state index in [0.717, 1.165) is 0 Å². The Balaban J connectivity index is 1.68. The van der Waals surface area contributed by atoms with E-state index in [1.54, 1.807) is 23.9 Å². The highest BCUT2D eigenvalue weighted by Gasteiger charge is 2.42. The molecule has 2 amide bonds. The summed E-state index contributed by atoms with van der Waals surface area (Å²) < 4.78 is 5.79. The summed E-state index contributed by atoms with van der Waals surface area (Å²) in [5.74, 6) is -0.0839. The van der Waals surface area contributed by atoms with Crippen LogP contribution in [0.1, 0.15) is 10.5 Å². The van der Waals surface area contributed by atoms with Crippen molar-refractivity contribution in [3.63, 3.8) is 0 Å². The molecule has 0 saturated carbocycles. The third-order valence-electron chi connectivity index (χ3n) is 4.32. The normalized spacial score (nSPS) is 24.3. The van der Waals surface area contributed by atoms with E-state index < -0.39 is 0 Å². The van der Waals surface area contributed by atoms with Gasteiger partial charge in [0.25, 0.3) is 5.91 Å². The first-order valence-corrected chi connectivity index (χ1v) is 7.67. The lowest BCUT2D eigenvalue weighted by Crippen LogP contribution is -2.53. The summed E-state index contributed by atoms with van der Waals surface area (Å²) >= 11 is 0. The maximum Gasteiger partial charge on any atom is 0.274 e. The number of ether oxygens (including phenoxy) is 1. The molecule has 2 aliphatic heterocycles. The van der Waals surface area contributed by atoms with Gasteiger partial charge in [0.15, 0.2) is 0 Å². The van der Waals surface area contributed by atoms with E-state index in [1.165, 1.54) is 18.6 Å². The number of nitrogens with zero attached hydrogens (tertiary/aromatic N) is 5. The van der Waals surface area contributed by atoms with Crippen molar-refractivity contribution in [2.45, 2.75) is 12.1 Å². The Morgan fingerprint density at radius 2 is 2.17 bits per heavy atom. The zero-order valence-corrected chi connectivity index (χ0v) is 13.4. The molecule has 124 valence electrons. The number of rotatable bonds is 3. The molecular weight excluding hydrogens is 298 g/mol. The van der Waals surface area contributed by atoms with Gasteiger partial charge in [0, 0.05) is 46.1 Å². The van der Waals surface area contributed by atoms with Crippen LogP contribution in [0.15, 0.2) is 18.6 Å². The third kappa shape index (κ3) is 3.32. The molecule has 23 heavy (non-hydrogen) atoms. The molecule has 8 nitrogen and oxygen atoms in total. The van der Waals surface area contributed by atoms with E-state index >= 15 is 0 Å². The van der Waals surface area contributed by atoms with Gasteiger partial charge in [-0.25, -0.2) is 4.98 Å². The zero-order valence-electron chi connectivity index (χ0n) is 13.4. The molecule has 1 aromatic rings. The minimum absolute atomic E-state index is 0.0493. The predicted octanol–water partition coefficient (Wildman–Crippen LogP) is -0.910. The smallest absolute Gasteiger partial charge is 0.274 e. The molecule has 3 rings (SSSR count). The number of amides is 2. The molecule has 1 aromatic heterocycles. The van der Waals surface area contributed by atoms with Gasteiger partial charge in [-0.3, -0.25) is 19.5 Å². The van der Waals surface area contributed by atoms with Crippen molar-refractivity contribution in [3.05, 3.63) is 24.3 Å². The van der Waals surface area contributed by atoms with Crippen LogP contribution in [0.2, 0.25) is 0 Å². The lowest BCUT2D eigenvalue weighted by atomic mass is 10.1. The maximum atomic E-state index is 12.5. The van der Waals surface area contributed by atoms with E-state index in [1.807, 2.05) is 0 Å². The molecule has 0 aromatic carbocycles. The van der Waals surface area contributed by atoms with Gasteiger partial charge in [-0.1, -0.05) is 0 Å². The summed E-state index contributed by atoms with van der Waals surface area (Å²) in [5, 5.41) is 0. The molecule has 0 radical (unpaired) electrons. The number of fused-ring (bicyclic) bond motifs is 1. The fourth-order valence-electron chi connectivity index (χ4n) is 3.01. The molecule has 2 fully saturated rings. The maximum absolute atomic E-state index is 12.5. The fraction of sp³-hybridized carbons (Fsp3) is 0.600. The molecule has 2 saturated heterocycles. The minimum atomic E-state index is -0.144. The first-order valence-electron chi connectivity index (χ1n) is 7.67. The van der Waals surface area contributed by atoms with E-state index in [0.29, 0.717) is 38.5 Å². The van der Waals surface area contributed by atoms with Crippen LogP contribution >= 0.6 is 0 Å². The van der Waals surface area contributed by atoms with Crippen LogP contribution in [-0.4, -0.2) is 95.5 Å². The van der Waals surface area contributed by atoms with Crippen molar-refractivity contribution >= 4 is 11.8 Å². The molecule has 8 heteroatoms. The van der Waals surface area contributed by atoms with Crippen LogP contribution in [0.4, 0.5) is 0 Å². The van der Waals surface area contributed by atoms with Crippen molar-refractivity contribution in [2.24, 2.45) is 0 Å². The largest absolute Gasteiger partial charge is 0.373 e. The van der Waals surface area contributed by atoms with Gasteiger partial charge < -0.3 is 14.5 Å². The number of aromatic nitrogens is 2. The fourth-order valence-corrected chi connectivity index (χ4v) is 3.01. The minimum Gasteiger partial charge on any atom is -0.373 e. The number of carbonyl (C=O) groups is 2. The van der Waals surface area contributed by atoms with Crippen LogP contribution in [-0.2, 0) is 9.53 Å². The third-order valence-corrected chi connectivity index (χ3v) is 4.32. The van der Waals surface area contributed by atoms with Crippen molar-refractivity contribution in [1.29, 1.82) is 0 Å². The summed E-state index contributed by atoms with van der Waals surface area (Å²) in [7, 11) is 3.50. The average Bonchev–Trinajstić information content (AvgIpc) is 3.00. The van der Waals surface area contributed by atoms with Crippen molar-refractivity contribution < 1.29 is 14.3 Å². The SMILES string of the molecule is CN(C)C(=O)CN1CCO[C@@H]2CN(C(=O)c3cnccn3)C[C@@H]21. The molecule has 0 N–H and O–H groups in total. The second-order valence-corrected chi connectivity index (χ2v) is 6.04. The molecule has 0 aliphatic carbocycles. The lowest BCUT2D eigenvalue weighted by molar-refractivity contribution is -0.133. The number of hydrogen-bond donors (Lipinski definition) is 0. The van der Waals surface area contributed by atoms with Crippen LogP contribution < -0.4 is 0 Å². The zero-order chi connectivity index (χ0) is 16.4. The Hall–Kier alpha value is -2.06. The monoisotopic (exact) mass is 319 g/mol. The number of carbonyl (C=O) groups excluding carboxylic acids is 2. The van der Waals surface area contributed by atoms with Gasteiger partial charge in [-0.2, -0.15) is 0 Å². The summed E-state index contributed by atoms with van der Waals surface area (Å²) in [6.07, 6.45) is 4.46. The van der Waals surface area contributed by atoms with E-state index in [4.69, 9.17) is 4.74 Å². The molecule has 0 unspecified atom stereocenters. The van der Waals surface area contributed by atoms with Gasteiger partial charge in [0.2, 0.25) is 5.91 Å². The first kappa shape index (κ1) is 15.8. The number of likely N-dealkylation sites (tertiary alicyclic amines) is 1. The number of likely N-dealkylation sites (N-methyl/N-ethyl adjacent to an activating group) is 1. The molecule has 3 heterocycles. The standard InChI is InChI=1S/C15H21N5O3/c1-18(2)14(21)10-19-5-6-23-13-9-20(8-12(13)19)15(22)11-7-16-3-4-17-11/h3-4,7,12-13H,5-6,8-10H2,1-2H3/t12-,13+/m0/s1. The van der Waals surface area contributed by atoms with Crippen molar-refractivity contribution in [2.75, 3.05) is 46.9 Å². The summed E-state index contributed by atoms with van der Waals surface area (Å²) in [4.78, 5) is 37.9. The van der Waals surface area contributed by atoms with Gasteiger partial charge in [0.1, 0.15) is 5.69 Å². The van der Waals surface area contributed by atoms with Crippen molar-refractivity contribution in [1.82, 2.24) is 24.7 Å². The quantitative estimate of drug-likeness (QED) is 0.718. The van der Waals surface area contributed by atoms with Crippen molar-refractivity contribution in [3.8, 4) is 0 Å². The van der Waals surface area contributed by atoms with Gasteiger partial charge in [-0.15, -0.1) is 0 Å². The van der Waals surface area contributed by atoms with Gasteiger partial charge >= 0.3 is 0 Å². The summed E-state index contributed by atoms with van der Waals surface area (Å²) in [5.41, 5.74) is 0.335. The van der Waals surface area contributed by atoms with E-state index in [-0.39, 0.29) is 24.0 Å². The number of morpholine rings is 1.